The summed E-state index contributed by atoms with van der Waals surface area (Å²) < 4.78 is 11.4. The minimum atomic E-state index is -0.426. The van der Waals surface area contributed by atoms with Crippen LogP contribution in [-0.2, 0) is 4.79 Å². The molecule has 0 aliphatic rings. The fourth-order valence-electron chi connectivity index (χ4n) is 3.16. The van der Waals surface area contributed by atoms with E-state index in [4.69, 9.17) is 67.2 Å². The van der Waals surface area contributed by atoms with Gasteiger partial charge in [-0.1, -0.05) is 58.0 Å². The third kappa shape index (κ3) is 4.88. The van der Waals surface area contributed by atoms with Gasteiger partial charge in [0.2, 0.25) is 5.89 Å². The smallest absolute Gasteiger partial charge is 0.262 e. The lowest BCUT2D eigenvalue weighted by Crippen LogP contribution is -2.20. The first-order chi connectivity index (χ1) is 15.7. The number of benzene rings is 3. The molecule has 0 aliphatic heterocycles. The Hall–Kier alpha value is -2.15. The van der Waals surface area contributed by atoms with Crippen molar-refractivity contribution in [1.82, 2.24) is 4.98 Å². The predicted molar refractivity (Wildman–Crippen MR) is 135 cm³/mol. The number of nitrogens with zero attached hydrogens (tertiary/aromatic N) is 1. The third-order valence-electron chi connectivity index (χ3n) is 4.89. The quantitative estimate of drug-likeness (QED) is 0.274. The molecule has 10 heteroatoms. The molecule has 33 heavy (non-hydrogen) atoms. The summed E-state index contributed by atoms with van der Waals surface area (Å²) in [5.74, 6) is 0.0788. The van der Waals surface area contributed by atoms with Crippen molar-refractivity contribution in [3.63, 3.8) is 0 Å². The van der Waals surface area contributed by atoms with Gasteiger partial charge in [0.1, 0.15) is 5.52 Å². The van der Waals surface area contributed by atoms with E-state index in [1.165, 1.54) is 0 Å². The number of amides is 1. The highest BCUT2D eigenvalue weighted by atomic mass is 35.5. The van der Waals surface area contributed by atoms with Crippen LogP contribution in [0.5, 0.6) is 5.75 Å². The number of carbonyl (C=O) groups excluding carboxylic acids is 1. The lowest BCUT2D eigenvalue weighted by molar-refractivity contribution is -0.118. The first-order valence-corrected chi connectivity index (χ1v) is 11.5. The van der Waals surface area contributed by atoms with Crippen LogP contribution in [0.4, 0.5) is 5.69 Å². The molecule has 0 fully saturated rings. The second-order valence-corrected chi connectivity index (χ2v) is 9.16. The fraction of sp³-hybridized carbons (Fsp3) is 0.130. The number of hydrogen-bond donors (Lipinski definition) is 1. The number of aromatic nitrogens is 1. The van der Waals surface area contributed by atoms with Crippen molar-refractivity contribution >= 4 is 80.7 Å². The highest BCUT2D eigenvalue weighted by Gasteiger charge is 2.19. The second kappa shape index (κ2) is 9.61. The number of hydrogen-bond acceptors (Lipinski definition) is 4. The number of oxazole rings is 1. The Morgan fingerprint density at radius 1 is 0.970 bits per heavy atom. The molecule has 1 N–H and O–H groups in total. The van der Waals surface area contributed by atoms with Gasteiger partial charge in [-0.05, 0) is 61.4 Å². The monoisotopic (exact) mass is 542 g/mol. The van der Waals surface area contributed by atoms with Crippen molar-refractivity contribution in [1.29, 1.82) is 0 Å². The van der Waals surface area contributed by atoms with Crippen molar-refractivity contribution in [2.24, 2.45) is 0 Å². The molecular formula is C23H15Cl5N2O3. The van der Waals surface area contributed by atoms with E-state index in [0.717, 1.165) is 0 Å². The zero-order valence-corrected chi connectivity index (χ0v) is 21.0. The summed E-state index contributed by atoms with van der Waals surface area (Å²) >= 11 is 31.2. The SMILES string of the molecule is Cc1c(Cl)c(C)c(Cl)c(OCC(=O)Nc2ccc(Cl)c(-c3nc4cc(Cl)ccc4o3)c2)c1Cl. The van der Waals surface area contributed by atoms with Crippen LogP contribution in [0.3, 0.4) is 0 Å². The summed E-state index contributed by atoms with van der Waals surface area (Å²) in [6.45, 7) is 3.17. The summed E-state index contributed by atoms with van der Waals surface area (Å²) in [6.07, 6.45) is 0. The molecule has 1 heterocycles. The minimum Gasteiger partial charge on any atom is -0.481 e. The van der Waals surface area contributed by atoms with Crippen molar-refractivity contribution in [2.75, 3.05) is 11.9 Å². The number of carbonyl (C=O) groups is 1. The average molecular weight is 545 g/mol. The van der Waals surface area contributed by atoms with E-state index < -0.39 is 5.91 Å². The Balaban J connectivity index is 1.53. The molecule has 0 unspecified atom stereocenters. The zero-order valence-electron chi connectivity index (χ0n) is 17.2. The molecule has 1 aromatic heterocycles. The van der Waals surface area contributed by atoms with E-state index in [-0.39, 0.29) is 22.4 Å². The normalized spacial score (nSPS) is 11.1. The molecule has 3 aromatic carbocycles. The molecular weight excluding hydrogens is 530 g/mol. The van der Waals surface area contributed by atoms with Crippen LogP contribution in [-0.4, -0.2) is 17.5 Å². The first kappa shape index (κ1) is 24.0. The molecule has 0 bridgehead atoms. The average Bonchev–Trinajstić information content (AvgIpc) is 3.20. The molecule has 0 aliphatic carbocycles. The van der Waals surface area contributed by atoms with Crippen molar-refractivity contribution in [2.45, 2.75) is 13.8 Å². The Bertz CT molecular complexity index is 1370. The molecule has 4 rings (SSSR count). The second-order valence-electron chi connectivity index (χ2n) is 7.18. The lowest BCUT2D eigenvalue weighted by atomic mass is 10.1. The number of fused-ring (bicyclic) bond motifs is 1. The van der Waals surface area contributed by atoms with Crippen LogP contribution in [0.1, 0.15) is 11.1 Å². The number of halogens is 5. The summed E-state index contributed by atoms with van der Waals surface area (Å²) in [4.78, 5) is 17.0. The topological polar surface area (TPSA) is 64.4 Å². The Kier molecular flexibility index (Phi) is 6.99. The van der Waals surface area contributed by atoms with Gasteiger partial charge in [0, 0.05) is 15.7 Å². The van der Waals surface area contributed by atoms with Crippen LogP contribution in [0.15, 0.2) is 40.8 Å². The predicted octanol–water partition coefficient (Wildman–Crippen LogP) is 8.40. The summed E-state index contributed by atoms with van der Waals surface area (Å²) in [5, 5.41) is 4.67. The van der Waals surface area contributed by atoms with Gasteiger partial charge >= 0.3 is 0 Å². The molecule has 4 aromatic rings. The largest absolute Gasteiger partial charge is 0.481 e. The van der Waals surface area contributed by atoms with Crippen molar-refractivity contribution < 1.29 is 13.9 Å². The highest BCUT2D eigenvalue weighted by molar-refractivity contribution is 6.42. The Morgan fingerprint density at radius 2 is 1.67 bits per heavy atom. The number of anilines is 1. The van der Waals surface area contributed by atoms with Gasteiger partial charge < -0.3 is 14.5 Å². The molecule has 5 nitrogen and oxygen atoms in total. The van der Waals surface area contributed by atoms with E-state index in [1.807, 2.05) is 0 Å². The zero-order chi connectivity index (χ0) is 23.9. The molecule has 170 valence electrons. The lowest BCUT2D eigenvalue weighted by Gasteiger charge is -2.15. The molecule has 0 radical (unpaired) electrons. The van der Waals surface area contributed by atoms with Crippen LogP contribution in [0, 0.1) is 13.8 Å². The van der Waals surface area contributed by atoms with E-state index >= 15 is 0 Å². The number of ether oxygens (including phenoxy) is 1. The van der Waals surface area contributed by atoms with Gasteiger partial charge in [-0.3, -0.25) is 4.79 Å². The maximum Gasteiger partial charge on any atom is 0.262 e. The van der Waals surface area contributed by atoms with E-state index in [2.05, 4.69) is 10.3 Å². The molecule has 0 saturated heterocycles. The maximum atomic E-state index is 12.5. The van der Waals surface area contributed by atoms with Gasteiger partial charge in [0.05, 0.1) is 20.6 Å². The maximum absolute atomic E-state index is 12.5. The van der Waals surface area contributed by atoms with Gasteiger partial charge in [0.25, 0.3) is 5.91 Å². The molecule has 0 saturated carbocycles. The molecule has 0 atom stereocenters. The summed E-state index contributed by atoms with van der Waals surface area (Å²) in [5.41, 5.74) is 3.39. The van der Waals surface area contributed by atoms with Gasteiger partial charge in [-0.25, -0.2) is 4.98 Å². The molecule has 0 spiro atoms. The van der Waals surface area contributed by atoms with Crippen molar-refractivity contribution in [3.8, 4) is 17.2 Å². The van der Waals surface area contributed by atoms with E-state index in [1.54, 1.807) is 50.2 Å². The third-order valence-corrected chi connectivity index (χ3v) is 6.94. The molecule has 1 amide bonds. The van der Waals surface area contributed by atoms with E-state index in [9.17, 15) is 4.79 Å². The van der Waals surface area contributed by atoms with Gasteiger partial charge in [-0.15, -0.1) is 0 Å². The standard InChI is InChI=1S/C23H15Cl5N2O3/c1-10-19(26)11(2)21(28)22(20(10)27)32-9-18(31)29-13-4-5-15(25)14(8-13)23-30-16-7-12(24)3-6-17(16)33-23/h3-8H,9H2,1-2H3,(H,29,31). The summed E-state index contributed by atoms with van der Waals surface area (Å²) in [7, 11) is 0. The van der Waals surface area contributed by atoms with Crippen LogP contribution in [0.25, 0.3) is 22.6 Å². The van der Waals surface area contributed by atoms with Crippen LogP contribution in [0.2, 0.25) is 25.1 Å². The van der Waals surface area contributed by atoms with Gasteiger partial charge in [-0.2, -0.15) is 0 Å². The highest BCUT2D eigenvalue weighted by Crippen LogP contribution is 2.42. The number of rotatable bonds is 5. The van der Waals surface area contributed by atoms with Crippen LogP contribution >= 0.6 is 58.0 Å². The first-order valence-electron chi connectivity index (χ1n) is 9.58. The van der Waals surface area contributed by atoms with E-state index in [0.29, 0.717) is 54.4 Å². The summed E-state index contributed by atoms with van der Waals surface area (Å²) in [6, 6.07) is 10.1. The van der Waals surface area contributed by atoms with Crippen molar-refractivity contribution in [3.05, 3.63) is 72.6 Å². The van der Waals surface area contributed by atoms with Gasteiger partial charge in [0.15, 0.2) is 17.9 Å². The fourth-order valence-corrected chi connectivity index (χ4v) is 4.34. The number of nitrogens with one attached hydrogen (secondary N) is 1. The Morgan fingerprint density at radius 3 is 2.36 bits per heavy atom. The Labute approximate surface area is 214 Å². The van der Waals surface area contributed by atoms with Crippen LogP contribution < -0.4 is 10.1 Å². The minimum absolute atomic E-state index is 0.204.